The number of hydrogen-bond acceptors (Lipinski definition) is 5. The molecule has 0 spiro atoms. The standard InChI is InChI=1S/C15H23N3O2S/c1-20-12-15(4-8-17-9-5-15)11-18-14(19)10-21-13-2-6-16-7-3-13/h2-3,6-7,17H,4-5,8-12H2,1H3,(H,18,19). The van der Waals surface area contributed by atoms with Crippen molar-refractivity contribution in [3.63, 3.8) is 0 Å². The minimum atomic E-state index is 0.0748. The molecule has 2 rings (SSSR count). The van der Waals surface area contributed by atoms with Crippen molar-refractivity contribution in [1.82, 2.24) is 15.6 Å². The first-order valence-corrected chi connectivity index (χ1v) is 8.22. The lowest BCUT2D eigenvalue weighted by atomic mass is 9.79. The molecule has 0 unspecified atom stereocenters. The fourth-order valence-electron chi connectivity index (χ4n) is 2.56. The highest BCUT2D eigenvalue weighted by Gasteiger charge is 2.32. The van der Waals surface area contributed by atoms with E-state index in [1.807, 2.05) is 12.1 Å². The zero-order valence-electron chi connectivity index (χ0n) is 12.4. The predicted molar refractivity (Wildman–Crippen MR) is 84.4 cm³/mol. The van der Waals surface area contributed by atoms with Gasteiger partial charge in [0.1, 0.15) is 0 Å². The first kappa shape index (κ1) is 16.3. The van der Waals surface area contributed by atoms with E-state index in [0.717, 1.165) is 30.8 Å². The summed E-state index contributed by atoms with van der Waals surface area (Å²) in [5.41, 5.74) is 0.0804. The minimum Gasteiger partial charge on any atom is -0.384 e. The number of carbonyl (C=O) groups is 1. The normalized spacial score (nSPS) is 17.4. The zero-order chi connectivity index (χ0) is 15.0. The second-order valence-corrected chi connectivity index (χ2v) is 6.48. The molecule has 1 aromatic rings. The molecule has 0 aliphatic carbocycles. The highest BCUT2D eigenvalue weighted by atomic mass is 32.2. The molecule has 0 saturated carbocycles. The minimum absolute atomic E-state index is 0.0748. The van der Waals surface area contributed by atoms with Crippen molar-refractivity contribution in [3.05, 3.63) is 24.5 Å². The summed E-state index contributed by atoms with van der Waals surface area (Å²) in [5, 5.41) is 6.42. The van der Waals surface area contributed by atoms with Crippen molar-refractivity contribution < 1.29 is 9.53 Å². The summed E-state index contributed by atoms with van der Waals surface area (Å²) in [6.45, 7) is 3.38. The van der Waals surface area contributed by atoms with E-state index in [1.165, 1.54) is 11.8 Å². The molecule has 116 valence electrons. The highest BCUT2D eigenvalue weighted by Crippen LogP contribution is 2.28. The summed E-state index contributed by atoms with van der Waals surface area (Å²) in [6, 6.07) is 3.83. The lowest BCUT2D eigenvalue weighted by molar-refractivity contribution is -0.119. The van der Waals surface area contributed by atoms with Crippen LogP contribution >= 0.6 is 11.8 Å². The lowest BCUT2D eigenvalue weighted by Gasteiger charge is -2.37. The number of methoxy groups -OCH3 is 1. The van der Waals surface area contributed by atoms with Gasteiger partial charge in [-0.3, -0.25) is 9.78 Å². The molecule has 1 fully saturated rings. The van der Waals surface area contributed by atoms with Gasteiger partial charge < -0.3 is 15.4 Å². The molecule has 2 N–H and O–H groups in total. The SMILES string of the molecule is COCC1(CNC(=O)CSc2ccncc2)CCNCC1. The number of ether oxygens (including phenoxy) is 1. The number of hydrogen-bond donors (Lipinski definition) is 2. The van der Waals surface area contributed by atoms with Gasteiger partial charge in [-0.05, 0) is 38.1 Å². The average molecular weight is 309 g/mol. The van der Waals surface area contributed by atoms with Gasteiger partial charge in [0.25, 0.3) is 0 Å². The molecule has 1 aliphatic heterocycles. The smallest absolute Gasteiger partial charge is 0.230 e. The second kappa shape index (κ2) is 8.36. The molecule has 6 heteroatoms. The van der Waals surface area contributed by atoms with Crippen LogP contribution in [0.4, 0.5) is 0 Å². The summed E-state index contributed by atoms with van der Waals surface area (Å²) < 4.78 is 5.36. The Kier molecular flexibility index (Phi) is 6.48. The molecule has 2 heterocycles. The van der Waals surface area contributed by atoms with E-state index >= 15 is 0 Å². The van der Waals surface area contributed by atoms with Crippen LogP contribution in [0.3, 0.4) is 0 Å². The number of pyridine rings is 1. The summed E-state index contributed by atoms with van der Waals surface area (Å²) >= 11 is 1.53. The Bertz CT molecular complexity index is 430. The first-order valence-electron chi connectivity index (χ1n) is 7.23. The van der Waals surface area contributed by atoms with Crippen LogP contribution in [0, 0.1) is 5.41 Å². The van der Waals surface area contributed by atoms with Gasteiger partial charge in [-0.25, -0.2) is 0 Å². The molecule has 0 aromatic carbocycles. The van der Waals surface area contributed by atoms with E-state index in [2.05, 4.69) is 15.6 Å². The number of amides is 1. The third kappa shape index (κ3) is 5.30. The van der Waals surface area contributed by atoms with Gasteiger partial charge in [0.2, 0.25) is 5.91 Å². The predicted octanol–water partition coefficient (Wildman–Crippen LogP) is 1.31. The Morgan fingerprint density at radius 1 is 1.43 bits per heavy atom. The molecule has 0 radical (unpaired) electrons. The van der Waals surface area contributed by atoms with Gasteiger partial charge in [0.15, 0.2) is 0 Å². The van der Waals surface area contributed by atoms with Gasteiger partial charge in [-0.2, -0.15) is 0 Å². The maximum absolute atomic E-state index is 12.0. The van der Waals surface area contributed by atoms with Crippen LogP contribution in [-0.2, 0) is 9.53 Å². The summed E-state index contributed by atoms with van der Waals surface area (Å²) in [7, 11) is 1.73. The lowest BCUT2D eigenvalue weighted by Crippen LogP contribution is -2.47. The van der Waals surface area contributed by atoms with Crippen LogP contribution < -0.4 is 10.6 Å². The van der Waals surface area contributed by atoms with Crippen LogP contribution in [0.15, 0.2) is 29.4 Å². The Balaban J connectivity index is 1.76. The molecular formula is C15H23N3O2S. The topological polar surface area (TPSA) is 63.2 Å². The highest BCUT2D eigenvalue weighted by molar-refractivity contribution is 8.00. The van der Waals surface area contributed by atoms with Gasteiger partial charge in [-0.1, -0.05) is 0 Å². The number of piperidine rings is 1. The number of carbonyl (C=O) groups excluding carboxylic acids is 1. The fourth-order valence-corrected chi connectivity index (χ4v) is 3.27. The monoisotopic (exact) mass is 309 g/mol. The van der Waals surface area contributed by atoms with Crippen molar-refractivity contribution in [3.8, 4) is 0 Å². The van der Waals surface area contributed by atoms with Gasteiger partial charge >= 0.3 is 0 Å². The molecular weight excluding hydrogens is 286 g/mol. The number of rotatable bonds is 7. The molecule has 1 amide bonds. The van der Waals surface area contributed by atoms with Crippen LogP contribution in [0.1, 0.15) is 12.8 Å². The van der Waals surface area contributed by atoms with Crippen molar-refractivity contribution >= 4 is 17.7 Å². The van der Waals surface area contributed by atoms with E-state index in [-0.39, 0.29) is 11.3 Å². The van der Waals surface area contributed by atoms with Gasteiger partial charge in [0.05, 0.1) is 12.4 Å². The van der Waals surface area contributed by atoms with E-state index < -0.39 is 0 Å². The van der Waals surface area contributed by atoms with Gasteiger partial charge in [0, 0.05) is 36.4 Å². The van der Waals surface area contributed by atoms with E-state index in [4.69, 9.17) is 4.74 Å². The maximum Gasteiger partial charge on any atom is 0.230 e. The van der Waals surface area contributed by atoms with Gasteiger partial charge in [-0.15, -0.1) is 11.8 Å². The molecule has 0 atom stereocenters. The molecule has 0 bridgehead atoms. The molecule has 5 nitrogen and oxygen atoms in total. The number of aromatic nitrogens is 1. The average Bonchev–Trinajstić information content (AvgIpc) is 2.53. The first-order chi connectivity index (χ1) is 10.2. The molecule has 21 heavy (non-hydrogen) atoms. The Morgan fingerprint density at radius 3 is 2.81 bits per heavy atom. The molecule has 1 aromatic heterocycles. The Labute approximate surface area is 130 Å². The largest absolute Gasteiger partial charge is 0.384 e. The van der Waals surface area contributed by atoms with Crippen molar-refractivity contribution in [1.29, 1.82) is 0 Å². The molecule has 1 saturated heterocycles. The van der Waals surface area contributed by atoms with E-state index in [1.54, 1.807) is 19.5 Å². The number of thioether (sulfide) groups is 1. The van der Waals surface area contributed by atoms with Crippen LogP contribution in [0.2, 0.25) is 0 Å². The van der Waals surface area contributed by atoms with E-state index in [0.29, 0.717) is 18.9 Å². The summed E-state index contributed by atoms with van der Waals surface area (Å²) in [4.78, 5) is 17.0. The fraction of sp³-hybridized carbons (Fsp3) is 0.600. The number of nitrogens with zero attached hydrogens (tertiary/aromatic N) is 1. The van der Waals surface area contributed by atoms with Crippen molar-refractivity contribution in [2.24, 2.45) is 5.41 Å². The van der Waals surface area contributed by atoms with Crippen molar-refractivity contribution in [2.45, 2.75) is 17.7 Å². The maximum atomic E-state index is 12.0. The third-order valence-electron chi connectivity index (χ3n) is 3.79. The van der Waals surface area contributed by atoms with Crippen LogP contribution in [-0.4, -0.2) is 50.0 Å². The Morgan fingerprint density at radius 2 is 2.14 bits per heavy atom. The summed E-state index contributed by atoms with van der Waals surface area (Å²) in [5.74, 6) is 0.511. The number of nitrogens with one attached hydrogen (secondary N) is 2. The van der Waals surface area contributed by atoms with E-state index in [9.17, 15) is 4.79 Å². The second-order valence-electron chi connectivity index (χ2n) is 5.43. The third-order valence-corrected chi connectivity index (χ3v) is 4.81. The zero-order valence-corrected chi connectivity index (χ0v) is 13.2. The quantitative estimate of drug-likeness (QED) is 0.744. The summed E-state index contributed by atoms with van der Waals surface area (Å²) in [6.07, 6.45) is 5.56. The van der Waals surface area contributed by atoms with Crippen molar-refractivity contribution in [2.75, 3.05) is 39.1 Å². The molecule has 1 aliphatic rings. The Hall–Kier alpha value is -1.11. The van der Waals surface area contributed by atoms with Crippen LogP contribution in [0.5, 0.6) is 0 Å². The van der Waals surface area contributed by atoms with Crippen LogP contribution in [0.25, 0.3) is 0 Å².